The Bertz CT molecular complexity index is 575. The summed E-state index contributed by atoms with van der Waals surface area (Å²) in [7, 11) is 0. The van der Waals surface area contributed by atoms with Crippen molar-refractivity contribution < 1.29 is 9.32 Å². The molecule has 1 fully saturated rings. The van der Waals surface area contributed by atoms with Crippen LogP contribution < -0.4 is 0 Å². The predicted octanol–water partition coefficient (Wildman–Crippen LogP) is 1.97. The van der Waals surface area contributed by atoms with E-state index < -0.39 is 0 Å². The molecule has 1 aliphatic heterocycles. The second-order valence-electron chi connectivity index (χ2n) is 5.21. The summed E-state index contributed by atoms with van der Waals surface area (Å²) in [5.74, 6) is 0.627. The molecular formula is C14H18N4O2. The third-order valence-corrected chi connectivity index (χ3v) is 3.90. The lowest BCUT2D eigenvalue weighted by Gasteiger charge is -2.32. The molecule has 2 aromatic heterocycles. The van der Waals surface area contributed by atoms with E-state index in [-0.39, 0.29) is 5.91 Å². The molecule has 3 rings (SSSR count). The van der Waals surface area contributed by atoms with Gasteiger partial charge < -0.3 is 9.42 Å². The number of aryl methyl sites for hydroxylation is 2. The van der Waals surface area contributed by atoms with Crippen molar-refractivity contribution in [2.75, 3.05) is 13.1 Å². The molecule has 20 heavy (non-hydrogen) atoms. The molecule has 0 spiro atoms. The molecule has 6 nitrogen and oxygen atoms in total. The van der Waals surface area contributed by atoms with Crippen LogP contribution in [0.5, 0.6) is 0 Å². The van der Waals surface area contributed by atoms with Gasteiger partial charge in [0.1, 0.15) is 11.3 Å². The van der Waals surface area contributed by atoms with Crippen LogP contribution in [0.4, 0.5) is 0 Å². The van der Waals surface area contributed by atoms with Gasteiger partial charge in [0.15, 0.2) is 0 Å². The highest BCUT2D eigenvalue weighted by Gasteiger charge is 2.28. The van der Waals surface area contributed by atoms with E-state index in [0.29, 0.717) is 23.1 Å². The summed E-state index contributed by atoms with van der Waals surface area (Å²) in [5.41, 5.74) is 1.28. The van der Waals surface area contributed by atoms with Crippen molar-refractivity contribution in [3.63, 3.8) is 0 Å². The maximum atomic E-state index is 12.5. The minimum absolute atomic E-state index is 0.0279. The van der Waals surface area contributed by atoms with Crippen LogP contribution in [0.2, 0.25) is 0 Å². The number of carbonyl (C=O) groups is 1. The number of hydrogen-bond acceptors (Lipinski definition) is 4. The summed E-state index contributed by atoms with van der Waals surface area (Å²) < 4.78 is 7.06. The monoisotopic (exact) mass is 274 g/mol. The molecule has 0 atom stereocenters. The number of nitrogens with zero attached hydrogens (tertiary/aromatic N) is 4. The number of amides is 1. The van der Waals surface area contributed by atoms with Crippen molar-refractivity contribution in [3.05, 3.63) is 35.5 Å². The zero-order chi connectivity index (χ0) is 14.1. The first-order valence-corrected chi connectivity index (χ1v) is 6.88. The van der Waals surface area contributed by atoms with Crippen LogP contribution in [0.25, 0.3) is 0 Å². The molecule has 0 aromatic carbocycles. The molecule has 0 N–H and O–H groups in total. The highest BCUT2D eigenvalue weighted by molar-refractivity contribution is 5.96. The lowest BCUT2D eigenvalue weighted by Crippen LogP contribution is -2.39. The summed E-state index contributed by atoms with van der Waals surface area (Å²) in [6.45, 7) is 5.07. The van der Waals surface area contributed by atoms with Crippen molar-refractivity contribution in [3.8, 4) is 0 Å². The van der Waals surface area contributed by atoms with E-state index >= 15 is 0 Å². The first-order chi connectivity index (χ1) is 9.66. The van der Waals surface area contributed by atoms with Crippen LogP contribution in [0.15, 0.2) is 23.0 Å². The zero-order valence-electron chi connectivity index (χ0n) is 11.7. The molecule has 106 valence electrons. The maximum Gasteiger partial charge on any atom is 0.259 e. The molecule has 2 aromatic rings. The topological polar surface area (TPSA) is 64.2 Å². The van der Waals surface area contributed by atoms with Crippen LogP contribution in [0.3, 0.4) is 0 Å². The zero-order valence-corrected chi connectivity index (χ0v) is 11.7. The molecule has 3 heterocycles. The third kappa shape index (κ3) is 2.21. The summed E-state index contributed by atoms with van der Waals surface area (Å²) >= 11 is 0. The Labute approximate surface area is 117 Å². The average Bonchev–Trinajstić information content (AvgIpc) is 3.09. The second kappa shape index (κ2) is 5.11. The molecular weight excluding hydrogens is 256 g/mol. The molecule has 0 aliphatic carbocycles. The van der Waals surface area contributed by atoms with Gasteiger partial charge in [-0.15, -0.1) is 0 Å². The third-order valence-electron chi connectivity index (χ3n) is 3.90. The van der Waals surface area contributed by atoms with E-state index in [4.69, 9.17) is 4.52 Å². The van der Waals surface area contributed by atoms with Gasteiger partial charge in [-0.05, 0) is 32.8 Å². The van der Waals surface area contributed by atoms with Gasteiger partial charge in [-0.3, -0.25) is 9.48 Å². The fraction of sp³-hybridized carbons (Fsp3) is 0.500. The van der Waals surface area contributed by atoms with Gasteiger partial charge in [-0.2, -0.15) is 5.10 Å². The van der Waals surface area contributed by atoms with Crippen LogP contribution in [0.1, 0.15) is 40.7 Å². The first kappa shape index (κ1) is 12.9. The van der Waals surface area contributed by atoms with E-state index in [9.17, 15) is 4.79 Å². The Hall–Kier alpha value is -2.11. The molecule has 1 amide bonds. The van der Waals surface area contributed by atoms with Gasteiger partial charge in [-0.1, -0.05) is 5.16 Å². The van der Waals surface area contributed by atoms with Gasteiger partial charge in [0, 0.05) is 25.5 Å². The van der Waals surface area contributed by atoms with Gasteiger partial charge in [-0.25, -0.2) is 0 Å². The van der Waals surface area contributed by atoms with Gasteiger partial charge >= 0.3 is 0 Å². The Morgan fingerprint density at radius 1 is 1.35 bits per heavy atom. The highest BCUT2D eigenvalue weighted by atomic mass is 16.5. The molecule has 0 unspecified atom stereocenters. The maximum absolute atomic E-state index is 12.5. The first-order valence-electron chi connectivity index (χ1n) is 6.88. The van der Waals surface area contributed by atoms with Crippen molar-refractivity contribution in [1.82, 2.24) is 19.8 Å². The van der Waals surface area contributed by atoms with E-state index in [1.807, 2.05) is 21.8 Å². The average molecular weight is 274 g/mol. The summed E-state index contributed by atoms with van der Waals surface area (Å²) in [6.07, 6.45) is 5.63. The number of likely N-dealkylation sites (tertiary alicyclic amines) is 1. The number of hydrogen-bond donors (Lipinski definition) is 0. The normalized spacial score (nSPS) is 16.6. The van der Waals surface area contributed by atoms with Crippen molar-refractivity contribution in [2.24, 2.45) is 0 Å². The fourth-order valence-electron chi connectivity index (χ4n) is 2.78. The number of carbonyl (C=O) groups excluding carboxylic acids is 1. The Morgan fingerprint density at radius 2 is 2.10 bits per heavy atom. The van der Waals surface area contributed by atoms with Gasteiger partial charge in [0.25, 0.3) is 5.91 Å². The number of aromatic nitrogens is 3. The van der Waals surface area contributed by atoms with Crippen LogP contribution in [-0.2, 0) is 0 Å². The molecule has 0 saturated carbocycles. The molecule has 0 bridgehead atoms. The van der Waals surface area contributed by atoms with Crippen LogP contribution >= 0.6 is 0 Å². The largest absolute Gasteiger partial charge is 0.361 e. The van der Waals surface area contributed by atoms with E-state index in [0.717, 1.165) is 25.9 Å². The number of piperidine rings is 1. The van der Waals surface area contributed by atoms with E-state index in [1.165, 1.54) is 0 Å². The lowest BCUT2D eigenvalue weighted by atomic mass is 10.0. The summed E-state index contributed by atoms with van der Waals surface area (Å²) in [4.78, 5) is 14.4. The minimum Gasteiger partial charge on any atom is -0.361 e. The van der Waals surface area contributed by atoms with Crippen molar-refractivity contribution >= 4 is 5.91 Å². The fourth-order valence-corrected chi connectivity index (χ4v) is 2.78. The molecule has 6 heteroatoms. The Morgan fingerprint density at radius 3 is 2.65 bits per heavy atom. The van der Waals surface area contributed by atoms with E-state index in [1.54, 1.807) is 20.0 Å². The van der Waals surface area contributed by atoms with Crippen molar-refractivity contribution in [2.45, 2.75) is 32.7 Å². The lowest BCUT2D eigenvalue weighted by molar-refractivity contribution is 0.0687. The molecule has 1 saturated heterocycles. The number of rotatable bonds is 2. The van der Waals surface area contributed by atoms with E-state index in [2.05, 4.69) is 10.3 Å². The summed E-state index contributed by atoms with van der Waals surface area (Å²) in [6, 6.07) is 2.32. The smallest absolute Gasteiger partial charge is 0.259 e. The van der Waals surface area contributed by atoms with Crippen LogP contribution in [0, 0.1) is 13.8 Å². The standard InChI is InChI=1S/C14H18N4O2/c1-10-13(11(2)20-16-10)14(19)17-8-4-12(5-9-17)18-7-3-6-15-18/h3,6-7,12H,4-5,8-9H2,1-2H3. The highest BCUT2D eigenvalue weighted by Crippen LogP contribution is 2.24. The van der Waals surface area contributed by atoms with Gasteiger partial charge in [0.2, 0.25) is 0 Å². The Kier molecular flexibility index (Phi) is 3.30. The Balaban J connectivity index is 1.68. The molecule has 1 aliphatic rings. The second-order valence-corrected chi connectivity index (χ2v) is 5.21. The minimum atomic E-state index is 0.0279. The summed E-state index contributed by atoms with van der Waals surface area (Å²) in [5, 5.41) is 8.13. The van der Waals surface area contributed by atoms with Crippen LogP contribution in [-0.4, -0.2) is 38.8 Å². The quantitative estimate of drug-likeness (QED) is 0.839. The molecule has 0 radical (unpaired) electrons. The van der Waals surface area contributed by atoms with Crippen molar-refractivity contribution in [1.29, 1.82) is 0 Å². The SMILES string of the molecule is Cc1noc(C)c1C(=O)N1CCC(n2cccn2)CC1. The predicted molar refractivity (Wildman–Crippen MR) is 72.4 cm³/mol. The van der Waals surface area contributed by atoms with Gasteiger partial charge in [0.05, 0.1) is 11.7 Å².